The Morgan fingerprint density at radius 2 is 1.61 bits per heavy atom. The van der Waals surface area contributed by atoms with Gasteiger partial charge in [-0.25, -0.2) is 4.98 Å². The van der Waals surface area contributed by atoms with Crippen molar-refractivity contribution in [3.63, 3.8) is 0 Å². The quantitative estimate of drug-likeness (QED) is 0.0250. The van der Waals surface area contributed by atoms with E-state index in [9.17, 15) is 30.6 Å². The van der Waals surface area contributed by atoms with Gasteiger partial charge in [0.25, 0.3) is 0 Å². The fourth-order valence-corrected chi connectivity index (χ4v) is 20.4. The van der Waals surface area contributed by atoms with Gasteiger partial charge in [-0.2, -0.15) is 0 Å². The third-order valence-electron chi connectivity index (χ3n) is 23.4. The first-order valence-corrected chi connectivity index (χ1v) is 30.9. The standard InChI is InChI=1S/C70H82N4O6/c1-2-3-5-13-49(44-10-6-4-7-11-44)56-40-67(35-36-71-56)39-55(45-21-16-42(17-22-45)18-28-52-50(27-19-43-20-30-57(75)60(78)37-43)51-14-8-15-58(76)61(51)63(80)62(52)79)74-65-53(67)38-48-24-23-47-25-29-54-66(73-41-72-54)70(65)64-59(77)31-26-46-12-9-32-68(46,64)33-34-69(47,48)70/h4,6-8,10-11,14-17,19-22,26-27,30-31,37,41,46-49,53,55-56,59,64-65,71,74-80H,2-3,5,9,12-13,18,23-25,28-29,32-36,38-40H2,1H3,(H,72,73). The minimum Gasteiger partial charge on any atom is -0.507 e. The molecule has 14 rings (SSSR count). The zero-order chi connectivity index (χ0) is 54.5. The summed E-state index contributed by atoms with van der Waals surface area (Å²) in [6.07, 6.45) is 31.1. The topological polar surface area (TPSA) is 174 Å². The normalized spacial score (nSPS) is 34.3. The Morgan fingerprint density at radius 3 is 2.45 bits per heavy atom. The third-order valence-corrected chi connectivity index (χ3v) is 23.4. The van der Waals surface area contributed by atoms with Gasteiger partial charge in [0.15, 0.2) is 23.0 Å². The highest BCUT2D eigenvalue weighted by atomic mass is 16.3. The van der Waals surface area contributed by atoms with Crippen LogP contribution >= 0.6 is 0 Å². The third kappa shape index (κ3) is 7.83. The first-order chi connectivity index (χ1) is 39.0. The predicted molar refractivity (Wildman–Crippen MR) is 316 cm³/mol. The van der Waals surface area contributed by atoms with E-state index in [1.54, 1.807) is 18.2 Å². The number of aromatic amines is 1. The van der Waals surface area contributed by atoms with Gasteiger partial charge in [-0.15, -0.1) is 0 Å². The zero-order valence-electron chi connectivity index (χ0n) is 46.6. The van der Waals surface area contributed by atoms with E-state index in [0.717, 1.165) is 37.8 Å². The Balaban J connectivity index is 0.874. The monoisotopic (exact) mass is 1070 g/mol. The summed E-state index contributed by atoms with van der Waals surface area (Å²) in [7, 11) is 0. The molecular weight excluding hydrogens is 993 g/mol. The molecule has 14 unspecified atom stereocenters. The average Bonchev–Trinajstić information content (AvgIpc) is 4.34. The van der Waals surface area contributed by atoms with Crippen molar-refractivity contribution in [2.24, 2.45) is 45.8 Å². The van der Waals surface area contributed by atoms with Crippen LogP contribution in [0, 0.1) is 45.8 Å². The molecule has 5 aromatic carbocycles. The minimum absolute atomic E-state index is 0.0384. The van der Waals surface area contributed by atoms with Crippen LogP contribution in [0.3, 0.4) is 0 Å². The van der Waals surface area contributed by atoms with E-state index in [0.29, 0.717) is 70.5 Å². The van der Waals surface area contributed by atoms with Crippen LogP contribution in [0.5, 0.6) is 28.7 Å². The van der Waals surface area contributed by atoms with Gasteiger partial charge in [0.2, 0.25) is 0 Å². The van der Waals surface area contributed by atoms with Crippen LogP contribution in [0.25, 0.3) is 22.9 Å². The van der Waals surface area contributed by atoms with Crippen molar-refractivity contribution < 1.29 is 30.6 Å². The number of nitrogens with one attached hydrogen (secondary N) is 3. The molecule has 0 radical (unpaired) electrons. The summed E-state index contributed by atoms with van der Waals surface area (Å²) < 4.78 is 0. The predicted octanol–water partition coefficient (Wildman–Crippen LogP) is 13.6. The SMILES string of the molecule is CCCCCC(c1ccccc1)C1CC2(CCN1)CC(c1ccc(CCc3c(O)c(O)c4c(O)cccc4c3C=Cc3ccc(O)c(O)c3)cc1)NC1C2CC2CCC3CCc4[nH]cnc4C14C1C(O)C=CC5CCCC51CCC324. The number of imidazole rings is 1. The van der Waals surface area contributed by atoms with Crippen LogP contribution in [0.15, 0.2) is 109 Å². The van der Waals surface area contributed by atoms with Gasteiger partial charge in [-0.05, 0) is 200 Å². The number of allylic oxidation sites excluding steroid dienone is 1. The number of benzene rings is 5. The van der Waals surface area contributed by atoms with Gasteiger partial charge in [0.1, 0.15) is 5.75 Å². The Labute approximate surface area is 471 Å². The average molecular weight is 1080 g/mol. The van der Waals surface area contributed by atoms with Gasteiger partial charge in [0, 0.05) is 40.7 Å². The molecular formula is C70H82N4O6. The number of aryl methyl sites for hydroxylation is 2. The van der Waals surface area contributed by atoms with Gasteiger partial charge < -0.3 is 46.3 Å². The summed E-state index contributed by atoms with van der Waals surface area (Å²) in [5.41, 5.74) is 8.13. The Morgan fingerprint density at radius 1 is 0.762 bits per heavy atom. The van der Waals surface area contributed by atoms with Crippen molar-refractivity contribution in [2.75, 3.05) is 6.54 Å². The summed E-state index contributed by atoms with van der Waals surface area (Å²) in [5.74, 6) is 1.39. The van der Waals surface area contributed by atoms with Crippen LogP contribution in [0.4, 0.5) is 0 Å². The molecule has 6 aromatic rings. The van der Waals surface area contributed by atoms with E-state index < -0.39 is 6.10 Å². The fraction of sp³-hybridized carbons (Fsp3) is 0.500. The Bertz CT molecular complexity index is 3350. The first kappa shape index (κ1) is 52.0. The van der Waals surface area contributed by atoms with Gasteiger partial charge in [0.05, 0.1) is 23.5 Å². The molecule has 9 N–H and O–H groups in total. The molecule has 6 fully saturated rings. The van der Waals surface area contributed by atoms with Gasteiger partial charge >= 0.3 is 0 Å². The number of piperidine rings is 2. The molecule has 14 atom stereocenters. The van der Waals surface area contributed by atoms with Crippen molar-refractivity contribution in [2.45, 2.75) is 164 Å². The number of nitrogens with zero attached hydrogens (tertiary/aromatic N) is 1. The summed E-state index contributed by atoms with van der Waals surface area (Å²) >= 11 is 0. The molecule has 418 valence electrons. The smallest absolute Gasteiger partial charge is 0.169 e. The number of aromatic nitrogens is 2. The van der Waals surface area contributed by atoms with Crippen LogP contribution < -0.4 is 10.6 Å². The second-order valence-electron chi connectivity index (χ2n) is 26.5. The number of phenols is 5. The van der Waals surface area contributed by atoms with Gasteiger partial charge in [-0.3, -0.25) is 0 Å². The second kappa shape index (κ2) is 20.1. The lowest BCUT2D eigenvalue weighted by Crippen LogP contribution is -2.79. The Kier molecular flexibility index (Phi) is 13.1. The van der Waals surface area contributed by atoms with Crippen molar-refractivity contribution in [1.29, 1.82) is 0 Å². The summed E-state index contributed by atoms with van der Waals surface area (Å²) in [6.45, 7) is 3.32. The number of aliphatic hydroxyl groups is 1. The molecule has 3 heterocycles. The summed E-state index contributed by atoms with van der Waals surface area (Å²) in [4.78, 5) is 9.48. The van der Waals surface area contributed by atoms with E-state index in [-0.39, 0.29) is 73.8 Å². The largest absolute Gasteiger partial charge is 0.507 e. The fourth-order valence-electron chi connectivity index (χ4n) is 20.4. The first-order valence-electron chi connectivity index (χ1n) is 30.9. The molecule has 80 heavy (non-hydrogen) atoms. The highest BCUT2D eigenvalue weighted by molar-refractivity contribution is 6.03. The highest BCUT2D eigenvalue weighted by Crippen LogP contribution is 2.81. The van der Waals surface area contributed by atoms with Crippen LogP contribution in [0.2, 0.25) is 0 Å². The van der Waals surface area contributed by atoms with Crippen molar-refractivity contribution in [1.82, 2.24) is 20.6 Å². The number of phenolic OH excluding ortho intramolecular Hbond substituents is 5. The van der Waals surface area contributed by atoms with Crippen molar-refractivity contribution >= 4 is 22.9 Å². The van der Waals surface area contributed by atoms with Gasteiger partial charge in [-0.1, -0.05) is 130 Å². The van der Waals surface area contributed by atoms with E-state index in [1.807, 2.05) is 18.5 Å². The number of aliphatic hydroxyl groups excluding tert-OH is 1. The number of fused-ring (bicyclic) bond motifs is 4. The molecule has 0 bridgehead atoms. The Hall–Kier alpha value is -6.07. The number of unbranched alkanes of at least 4 members (excludes halogenated alkanes) is 2. The van der Waals surface area contributed by atoms with E-state index in [4.69, 9.17) is 10.3 Å². The number of rotatable bonds is 12. The molecule has 1 aromatic heterocycles. The summed E-state index contributed by atoms with van der Waals surface area (Å²) in [6, 6.07) is 30.9. The van der Waals surface area contributed by atoms with Crippen molar-refractivity contribution in [3.05, 3.63) is 154 Å². The lowest BCUT2D eigenvalue weighted by Gasteiger charge is -2.75. The lowest BCUT2D eigenvalue weighted by atomic mass is 9.30. The van der Waals surface area contributed by atoms with Crippen LogP contribution in [0.1, 0.15) is 166 Å². The summed E-state index contributed by atoms with van der Waals surface area (Å²) in [5, 5.41) is 77.4. The van der Waals surface area contributed by atoms with Crippen LogP contribution in [-0.2, 0) is 24.7 Å². The lowest BCUT2D eigenvalue weighted by molar-refractivity contribution is -0.228. The number of hydrogen-bond donors (Lipinski definition) is 9. The number of H-pyrrole nitrogens is 1. The highest BCUT2D eigenvalue weighted by Gasteiger charge is 2.80. The molecule has 10 nitrogen and oxygen atoms in total. The molecule has 3 spiro atoms. The molecule has 0 amide bonds. The minimum atomic E-state index is -0.532. The number of hydrogen-bond acceptors (Lipinski definition) is 9. The maximum atomic E-state index is 13.2. The second-order valence-corrected chi connectivity index (χ2v) is 26.5. The van der Waals surface area contributed by atoms with Crippen molar-refractivity contribution in [3.8, 4) is 28.7 Å². The molecule has 2 aliphatic heterocycles. The van der Waals surface area contributed by atoms with E-state index in [2.05, 4.69) is 84.0 Å². The molecule has 10 heteroatoms. The van der Waals surface area contributed by atoms with E-state index in [1.165, 1.54) is 124 Å². The molecule has 6 aliphatic carbocycles. The zero-order valence-corrected chi connectivity index (χ0v) is 46.6. The molecule has 4 saturated carbocycles. The van der Waals surface area contributed by atoms with E-state index >= 15 is 0 Å². The molecule has 8 aliphatic rings. The molecule has 2 saturated heterocycles. The maximum absolute atomic E-state index is 13.2. The number of aromatic hydroxyl groups is 5. The van der Waals surface area contributed by atoms with Crippen LogP contribution in [-0.4, -0.2) is 65.3 Å². The maximum Gasteiger partial charge on any atom is 0.169 e.